The Kier molecular flexibility index (Phi) is 4.47. The lowest BCUT2D eigenvalue weighted by Gasteiger charge is -2.19. The molecule has 96 valence electrons. The third-order valence-electron chi connectivity index (χ3n) is 2.92. The quantitative estimate of drug-likeness (QED) is 0.829. The Bertz CT molecular complexity index is 522. The van der Waals surface area contributed by atoms with Crippen molar-refractivity contribution in [2.75, 3.05) is 0 Å². The van der Waals surface area contributed by atoms with Gasteiger partial charge in [0.2, 0.25) is 15.5 Å². The van der Waals surface area contributed by atoms with Crippen molar-refractivity contribution in [3.05, 3.63) is 28.7 Å². The molecule has 0 aromatic carbocycles. The number of aromatic amines is 1. The van der Waals surface area contributed by atoms with Crippen molar-refractivity contribution in [2.45, 2.75) is 38.1 Å². The summed E-state index contributed by atoms with van der Waals surface area (Å²) in [6, 6.07) is 0.993. The Labute approximate surface area is 101 Å². The van der Waals surface area contributed by atoms with E-state index >= 15 is 0 Å². The van der Waals surface area contributed by atoms with Gasteiger partial charge in [0.15, 0.2) is 0 Å². The van der Waals surface area contributed by atoms with Crippen LogP contribution in [-0.4, -0.2) is 19.4 Å². The molecule has 0 bridgehead atoms. The van der Waals surface area contributed by atoms with Crippen LogP contribution in [-0.2, 0) is 10.0 Å². The number of rotatable bonds is 5. The fraction of sp³-hybridized carbons (Fsp3) is 0.545. The summed E-state index contributed by atoms with van der Waals surface area (Å²) in [7, 11) is -3.74. The molecule has 0 aliphatic carbocycles. The molecule has 2 N–H and O–H groups in total. The molecule has 2 unspecified atom stereocenters. The monoisotopic (exact) mass is 258 g/mol. The topological polar surface area (TPSA) is 79.0 Å². The van der Waals surface area contributed by atoms with Crippen LogP contribution < -0.4 is 10.2 Å². The van der Waals surface area contributed by atoms with Gasteiger partial charge in [0.25, 0.3) is 0 Å². The van der Waals surface area contributed by atoms with Crippen molar-refractivity contribution in [3.8, 4) is 0 Å². The van der Waals surface area contributed by atoms with Crippen LogP contribution in [0.3, 0.4) is 0 Å². The Hall–Kier alpha value is -1.14. The molecule has 5 nitrogen and oxygen atoms in total. The molecule has 0 aliphatic rings. The first kappa shape index (κ1) is 13.9. The molecule has 0 amide bonds. The Morgan fingerprint density at radius 2 is 2.06 bits per heavy atom. The highest BCUT2D eigenvalue weighted by Crippen LogP contribution is 2.10. The molecule has 0 radical (unpaired) electrons. The minimum absolute atomic E-state index is 0.204. The largest absolute Gasteiger partial charge is 0.366 e. The highest BCUT2D eigenvalue weighted by Gasteiger charge is 2.22. The predicted octanol–water partition coefficient (Wildman–Crippen LogP) is 1.09. The Balaban J connectivity index is 2.98. The summed E-state index contributed by atoms with van der Waals surface area (Å²) in [6.07, 6.45) is 3.47. The van der Waals surface area contributed by atoms with E-state index in [9.17, 15) is 13.2 Å². The lowest BCUT2D eigenvalue weighted by atomic mass is 10.0. The molecule has 1 heterocycles. The summed E-state index contributed by atoms with van der Waals surface area (Å²) >= 11 is 0. The second-order valence-corrected chi connectivity index (χ2v) is 5.85. The van der Waals surface area contributed by atoms with Gasteiger partial charge in [-0.1, -0.05) is 20.3 Å². The molecular weight excluding hydrogens is 240 g/mol. The van der Waals surface area contributed by atoms with Crippen LogP contribution in [0.1, 0.15) is 27.2 Å². The smallest absolute Gasteiger partial charge is 0.246 e. The third kappa shape index (κ3) is 3.41. The van der Waals surface area contributed by atoms with E-state index in [-0.39, 0.29) is 16.9 Å². The molecule has 0 fully saturated rings. The lowest BCUT2D eigenvalue weighted by Crippen LogP contribution is -2.38. The van der Waals surface area contributed by atoms with E-state index in [1.807, 2.05) is 13.8 Å². The number of sulfonamides is 1. The standard InChI is InChI=1S/C11H18N2O3S/c1-4-8(2)9(3)13-17(15,16)11-7-12-6-5-10(11)14/h5-9,13H,4H2,1-3H3,(H,12,14). The second kappa shape index (κ2) is 5.46. The summed E-state index contributed by atoms with van der Waals surface area (Å²) in [4.78, 5) is 13.8. The Morgan fingerprint density at radius 3 is 2.59 bits per heavy atom. The van der Waals surface area contributed by atoms with Crippen LogP contribution in [0.4, 0.5) is 0 Å². The SMILES string of the molecule is CCC(C)C(C)NS(=O)(=O)c1c[nH]ccc1=O. The van der Waals surface area contributed by atoms with Crippen LogP contribution in [0, 0.1) is 5.92 Å². The van der Waals surface area contributed by atoms with E-state index in [1.165, 1.54) is 18.5 Å². The van der Waals surface area contributed by atoms with E-state index in [2.05, 4.69) is 9.71 Å². The number of pyridine rings is 1. The van der Waals surface area contributed by atoms with E-state index in [0.717, 1.165) is 6.42 Å². The van der Waals surface area contributed by atoms with Crippen molar-refractivity contribution in [1.82, 2.24) is 9.71 Å². The first-order chi connectivity index (χ1) is 7.88. The molecular formula is C11H18N2O3S. The van der Waals surface area contributed by atoms with Crippen LogP contribution in [0.5, 0.6) is 0 Å². The van der Waals surface area contributed by atoms with Gasteiger partial charge in [-0.3, -0.25) is 4.79 Å². The van der Waals surface area contributed by atoms with Gasteiger partial charge in [0.1, 0.15) is 4.90 Å². The van der Waals surface area contributed by atoms with Gasteiger partial charge in [-0.05, 0) is 12.8 Å². The van der Waals surface area contributed by atoms with Crippen LogP contribution in [0.15, 0.2) is 28.2 Å². The van der Waals surface area contributed by atoms with Crippen LogP contribution >= 0.6 is 0 Å². The fourth-order valence-electron chi connectivity index (χ4n) is 1.39. The average molecular weight is 258 g/mol. The van der Waals surface area contributed by atoms with E-state index in [1.54, 1.807) is 6.92 Å². The highest BCUT2D eigenvalue weighted by molar-refractivity contribution is 7.89. The van der Waals surface area contributed by atoms with Gasteiger partial charge in [-0.15, -0.1) is 0 Å². The van der Waals surface area contributed by atoms with Gasteiger partial charge in [0.05, 0.1) is 0 Å². The van der Waals surface area contributed by atoms with Gasteiger partial charge < -0.3 is 4.98 Å². The average Bonchev–Trinajstić information content (AvgIpc) is 2.27. The summed E-state index contributed by atoms with van der Waals surface area (Å²) in [5.74, 6) is 0.215. The van der Waals surface area contributed by atoms with E-state index in [0.29, 0.717) is 0 Å². The maximum Gasteiger partial charge on any atom is 0.246 e. The molecule has 17 heavy (non-hydrogen) atoms. The predicted molar refractivity (Wildman–Crippen MR) is 66.3 cm³/mol. The van der Waals surface area contributed by atoms with Gasteiger partial charge >= 0.3 is 0 Å². The number of aromatic nitrogens is 1. The van der Waals surface area contributed by atoms with Gasteiger partial charge in [-0.2, -0.15) is 0 Å². The van der Waals surface area contributed by atoms with Gasteiger partial charge in [-0.25, -0.2) is 13.1 Å². The first-order valence-electron chi connectivity index (χ1n) is 5.58. The van der Waals surface area contributed by atoms with Crippen LogP contribution in [0.2, 0.25) is 0 Å². The summed E-state index contributed by atoms with van der Waals surface area (Å²) < 4.78 is 26.4. The molecule has 0 saturated heterocycles. The number of hydrogen-bond acceptors (Lipinski definition) is 3. The van der Waals surface area contributed by atoms with E-state index < -0.39 is 15.5 Å². The third-order valence-corrected chi connectivity index (χ3v) is 4.50. The molecule has 0 saturated carbocycles. The zero-order valence-corrected chi connectivity index (χ0v) is 11.0. The fourth-order valence-corrected chi connectivity index (χ4v) is 2.79. The van der Waals surface area contributed by atoms with Crippen molar-refractivity contribution in [2.24, 2.45) is 5.92 Å². The summed E-state index contributed by atoms with van der Waals surface area (Å²) in [6.45, 7) is 5.75. The second-order valence-electron chi connectivity index (χ2n) is 4.17. The summed E-state index contributed by atoms with van der Waals surface area (Å²) in [5.41, 5.74) is -0.507. The summed E-state index contributed by atoms with van der Waals surface area (Å²) in [5, 5.41) is 0. The van der Waals surface area contributed by atoms with Gasteiger partial charge in [0, 0.05) is 24.5 Å². The van der Waals surface area contributed by atoms with Crippen LogP contribution in [0.25, 0.3) is 0 Å². The minimum atomic E-state index is -3.74. The zero-order chi connectivity index (χ0) is 13.1. The maximum atomic E-state index is 12.0. The molecule has 0 spiro atoms. The highest BCUT2D eigenvalue weighted by atomic mass is 32.2. The maximum absolute atomic E-state index is 12.0. The van der Waals surface area contributed by atoms with Crippen molar-refractivity contribution in [3.63, 3.8) is 0 Å². The molecule has 6 heteroatoms. The minimum Gasteiger partial charge on any atom is -0.366 e. The van der Waals surface area contributed by atoms with Crippen molar-refractivity contribution >= 4 is 10.0 Å². The lowest BCUT2D eigenvalue weighted by molar-refractivity contribution is 0.434. The number of hydrogen-bond donors (Lipinski definition) is 2. The number of H-pyrrole nitrogens is 1. The molecule has 1 rings (SSSR count). The van der Waals surface area contributed by atoms with Crippen molar-refractivity contribution in [1.29, 1.82) is 0 Å². The molecule has 0 aliphatic heterocycles. The zero-order valence-electron chi connectivity index (χ0n) is 10.2. The molecule has 1 aromatic rings. The Morgan fingerprint density at radius 1 is 1.41 bits per heavy atom. The van der Waals surface area contributed by atoms with E-state index in [4.69, 9.17) is 0 Å². The molecule has 2 atom stereocenters. The van der Waals surface area contributed by atoms with Crippen molar-refractivity contribution < 1.29 is 8.42 Å². The molecule has 1 aromatic heterocycles. The normalized spacial score (nSPS) is 15.5. The first-order valence-corrected chi connectivity index (χ1v) is 7.06. The number of nitrogens with one attached hydrogen (secondary N) is 2.